The standard InChI is InChI=1S/C13H18O3/c1-4-15-12-6-7-13(16-5-2)11(9-12)8-10(3)14/h6-7,9H,4-5,8H2,1-3H3. The molecule has 0 N–H and O–H groups in total. The van der Waals surface area contributed by atoms with E-state index in [2.05, 4.69) is 0 Å². The number of ketones is 1. The summed E-state index contributed by atoms with van der Waals surface area (Å²) in [5, 5.41) is 0. The van der Waals surface area contributed by atoms with Crippen molar-refractivity contribution < 1.29 is 14.3 Å². The lowest BCUT2D eigenvalue weighted by Crippen LogP contribution is -2.02. The second-order valence-corrected chi connectivity index (χ2v) is 3.51. The summed E-state index contributed by atoms with van der Waals surface area (Å²) in [7, 11) is 0. The van der Waals surface area contributed by atoms with E-state index in [0.717, 1.165) is 17.1 Å². The van der Waals surface area contributed by atoms with E-state index in [1.165, 1.54) is 0 Å². The summed E-state index contributed by atoms with van der Waals surface area (Å²) < 4.78 is 10.9. The van der Waals surface area contributed by atoms with Gasteiger partial charge in [0, 0.05) is 12.0 Å². The van der Waals surface area contributed by atoms with Crippen LogP contribution in [0.5, 0.6) is 11.5 Å². The van der Waals surface area contributed by atoms with Gasteiger partial charge in [-0.3, -0.25) is 4.79 Å². The zero-order valence-electron chi connectivity index (χ0n) is 10.1. The quantitative estimate of drug-likeness (QED) is 0.742. The van der Waals surface area contributed by atoms with Crippen LogP contribution in [0.15, 0.2) is 18.2 Å². The number of rotatable bonds is 6. The van der Waals surface area contributed by atoms with Gasteiger partial charge >= 0.3 is 0 Å². The summed E-state index contributed by atoms with van der Waals surface area (Å²) in [6.45, 7) is 6.64. The van der Waals surface area contributed by atoms with Gasteiger partial charge < -0.3 is 9.47 Å². The van der Waals surface area contributed by atoms with E-state index in [9.17, 15) is 4.79 Å². The molecule has 0 aliphatic rings. The second kappa shape index (κ2) is 6.16. The second-order valence-electron chi connectivity index (χ2n) is 3.51. The SMILES string of the molecule is CCOc1ccc(OCC)c(CC(C)=O)c1. The number of carbonyl (C=O) groups is 1. The Bertz CT molecular complexity index is 358. The van der Waals surface area contributed by atoms with Crippen molar-refractivity contribution in [3.63, 3.8) is 0 Å². The molecule has 3 nitrogen and oxygen atoms in total. The molecule has 3 heteroatoms. The van der Waals surface area contributed by atoms with Crippen molar-refractivity contribution in [2.24, 2.45) is 0 Å². The van der Waals surface area contributed by atoms with E-state index in [1.807, 2.05) is 32.0 Å². The van der Waals surface area contributed by atoms with Gasteiger partial charge in [-0.1, -0.05) is 0 Å². The van der Waals surface area contributed by atoms with Crippen LogP contribution in [-0.2, 0) is 11.2 Å². The van der Waals surface area contributed by atoms with Crippen LogP contribution in [0.3, 0.4) is 0 Å². The molecule has 0 bridgehead atoms. The van der Waals surface area contributed by atoms with Crippen molar-refractivity contribution in [3.8, 4) is 11.5 Å². The van der Waals surface area contributed by atoms with Gasteiger partial charge in [0.25, 0.3) is 0 Å². The molecule has 0 atom stereocenters. The molecule has 0 aliphatic heterocycles. The molecular weight excluding hydrogens is 204 g/mol. The van der Waals surface area contributed by atoms with Crippen LogP contribution >= 0.6 is 0 Å². The third kappa shape index (κ3) is 3.57. The Morgan fingerprint density at radius 3 is 2.44 bits per heavy atom. The third-order valence-corrected chi connectivity index (χ3v) is 2.08. The average Bonchev–Trinajstić information content (AvgIpc) is 2.22. The molecule has 1 rings (SSSR count). The molecule has 0 saturated carbocycles. The van der Waals surface area contributed by atoms with Gasteiger partial charge in [0.2, 0.25) is 0 Å². The maximum atomic E-state index is 11.1. The normalized spacial score (nSPS) is 9.94. The Labute approximate surface area is 96.4 Å². The molecule has 0 aliphatic carbocycles. The fourth-order valence-corrected chi connectivity index (χ4v) is 1.51. The molecule has 88 valence electrons. The first-order valence-corrected chi connectivity index (χ1v) is 5.55. The Morgan fingerprint density at radius 1 is 1.19 bits per heavy atom. The molecule has 1 aromatic rings. The van der Waals surface area contributed by atoms with Crippen molar-refractivity contribution >= 4 is 5.78 Å². The molecule has 0 unspecified atom stereocenters. The van der Waals surface area contributed by atoms with E-state index in [4.69, 9.17) is 9.47 Å². The number of hydrogen-bond acceptors (Lipinski definition) is 3. The largest absolute Gasteiger partial charge is 0.494 e. The molecule has 16 heavy (non-hydrogen) atoms. The van der Waals surface area contributed by atoms with E-state index < -0.39 is 0 Å². The smallest absolute Gasteiger partial charge is 0.134 e. The predicted molar refractivity (Wildman–Crippen MR) is 63.2 cm³/mol. The van der Waals surface area contributed by atoms with Crippen molar-refractivity contribution in [2.75, 3.05) is 13.2 Å². The first-order valence-electron chi connectivity index (χ1n) is 5.55. The highest BCUT2D eigenvalue weighted by molar-refractivity contribution is 5.79. The minimum atomic E-state index is 0.120. The number of hydrogen-bond donors (Lipinski definition) is 0. The average molecular weight is 222 g/mol. The van der Waals surface area contributed by atoms with Crippen molar-refractivity contribution in [3.05, 3.63) is 23.8 Å². The van der Waals surface area contributed by atoms with Crippen LogP contribution in [0.25, 0.3) is 0 Å². The lowest BCUT2D eigenvalue weighted by atomic mass is 10.1. The van der Waals surface area contributed by atoms with Gasteiger partial charge in [0.05, 0.1) is 13.2 Å². The van der Waals surface area contributed by atoms with Crippen LogP contribution in [0.4, 0.5) is 0 Å². The lowest BCUT2D eigenvalue weighted by molar-refractivity contribution is -0.116. The molecular formula is C13H18O3. The molecule has 0 amide bonds. The fraction of sp³-hybridized carbons (Fsp3) is 0.462. The molecule has 0 aromatic heterocycles. The summed E-state index contributed by atoms with van der Waals surface area (Å²) in [5.74, 6) is 1.66. The van der Waals surface area contributed by atoms with Crippen LogP contribution in [0.2, 0.25) is 0 Å². The van der Waals surface area contributed by atoms with Gasteiger partial charge in [-0.05, 0) is 39.0 Å². The number of ether oxygens (including phenoxy) is 2. The Kier molecular flexibility index (Phi) is 4.83. The van der Waals surface area contributed by atoms with Gasteiger partial charge in [-0.25, -0.2) is 0 Å². The first kappa shape index (κ1) is 12.6. The zero-order chi connectivity index (χ0) is 12.0. The minimum absolute atomic E-state index is 0.120. The molecule has 0 fully saturated rings. The van der Waals surface area contributed by atoms with Crippen LogP contribution in [0, 0.1) is 0 Å². The van der Waals surface area contributed by atoms with Crippen LogP contribution in [0.1, 0.15) is 26.3 Å². The first-order chi connectivity index (χ1) is 7.67. The van der Waals surface area contributed by atoms with Crippen LogP contribution in [-0.4, -0.2) is 19.0 Å². The number of benzene rings is 1. The molecule has 0 spiro atoms. The molecule has 0 saturated heterocycles. The highest BCUT2D eigenvalue weighted by Gasteiger charge is 2.07. The maximum Gasteiger partial charge on any atom is 0.134 e. The topological polar surface area (TPSA) is 35.5 Å². The summed E-state index contributed by atoms with van der Waals surface area (Å²) in [6.07, 6.45) is 0.385. The van der Waals surface area contributed by atoms with Crippen LogP contribution < -0.4 is 9.47 Å². The van der Waals surface area contributed by atoms with Crippen molar-refractivity contribution in [2.45, 2.75) is 27.2 Å². The van der Waals surface area contributed by atoms with Crippen molar-refractivity contribution in [1.82, 2.24) is 0 Å². The lowest BCUT2D eigenvalue weighted by Gasteiger charge is -2.11. The summed E-state index contributed by atoms with van der Waals surface area (Å²) in [5.41, 5.74) is 0.889. The van der Waals surface area contributed by atoms with Gasteiger partial charge in [-0.15, -0.1) is 0 Å². The fourth-order valence-electron chi connectivity index (χ4n) is 1.51. The van der Waals surface area contributed by atoms with E-state index >= 15 is 0 Å². The summed E-state index contributed by atoms with van der Waals surface area (Å²) in [4.78, 5) is 11.1. The Balaban J connectivity index is 2.95. The molecule has 0 radical (unpaired) electrons. The van der Waals surface area contributed by atoms with Gasteiger partial charge in [-0.2, -0.15) is 0 Å². The number of Topliss-reactive ketones (excluding diaryl/α,β-unsaturated/α-hetero) is 1. The molecule has 0 heterocycles. The van der Waals surface area contributed by atoms with E-state index in [-0.39, 0.29) is 5.78 Å². The van der Waals surface area contributed by atoms with E-state index in [0.29, 0.717) is 19.6 Å². The highest BCUT2D eigenvalue weighted by Crippen LogP contribution is 2.25. The number of carbonyl (C=O) groups excluding carboxylic acids is 1. The Hall–Kier alpha value is -1.51. The molecule has 1 aromatic carbocycles. The minimum Gasteiger partial charge on any atom is -0.494 e. The van der Waals surface area contributed by atoms with Gasteiger partial charge in [0.15, 0.2) is 0 Å². The van der Waals surface area contributed by atoms with Gasteiger partial charge in [0.1, 0.15) is 17.3 Å². The third-order valence-electron chi connectivity index (χ3n) is 2.08. The highest BCUT2D eigenvalue weighted by atomic mass is 16.5. The summed E-state index contributed by atoms with van der Waals surface area (Å²) in [6, 6.07) is 5.58. The zero-order valence-corrected chi connectivity index (χ0v) is 10.1. The Morgan fingerprint density at radius 2 is 1.88 bits per heavy atom. The summed E-state index contributed by atoms with van der Waals surface area (Å²) >= 11 is 0. The van der Waals surface area contributed by atoms with E-state index in [1.54, 1.807) is 6.92 Å². The monoisotopic (exact) mass is 222 g/mol. The predicted octanol–water partition coefficient (Wildman–Crippen LogP) is 2.62. The maximum absolute atomic E-state index is 11.1. The van der Waals surface area contributed by atoms with Crippen molar-refractivity contribution in [1.29, 1.82) is 0 Å².